The van der Waals surface area contributed by atoms with E-state index in [1.54, 1.807) is 7.11 Å². The summed E-state index contributed by atoms with van der Waals surface area (Å²) in [5, 5.41) is 4.12. The van der Waals surface area contributed by atoms with Gasteiger partial charge in [0.15, 0.2) is 0 Å². The molecule has 0 amide bonds. The number of nitrogens with zero attached hydrogens (tertiary/aromatic N) is 2. The van der Waals surface area contributed by atoms with Crippen LogP contribution in [0.15, 0.2) is 4.52 Å². The molecular weight excluding hydrogens is 242 g/mol. The standard InChI is InChI=1S/C14H25N3O2/c1-3-4-8-11(15)12-16-13(17-19-12)14(18-2)9-6-5-7-10-14/h11H,3-10,15H2,1-2H3. The highest BCUT2D eigenvalue weighted by Crippen LogP contribution is 2.38. The predicted molar refractivity (Wildman–Crippen MR) is 72.5 cm³/mol. The van der Waals surface area contributed by atoms with Crippen molar-refractivity contribution in [1.82, 2.24) is 10.1 Å². The number of ether oxygens (including phenoxy) is 1. The lowest BCUT2D eigenvalue weighted by Gasteiger charge is -2.32. The highest BCUT2D eigenvalue weighted by molar-refractivity contribution is 5.04. The Kier molecular flexibility index (Phi) is 4.93. The molecule has 0 aliphatic heterocycles. The molecule has 1 heterocycles. The normalized spacial score (nSPS) is 20.4. The van der Waals surface area contributed by atoms with Crippen LogP contribution in [0.5, 0.6) is 0 Å². The van der Waals surface area contributed by atoms with E-state index in [0.29, 0.717) is 11.7 Å². The Hall–Kier alpha value is -0.940. The zero-order valence-corrected chi connectivity index (χ0v) is 12.0. The molecule has 0 bridgehead atoms. The maximum Gasteiger partial charge on any atom is 0.243 e. The molecule has 5 heteroatoms. The van der Waals surface area contributed by atoms with Gasteiger partial charge in [0.1, 0.15) is 5.60 Å². The van der Waals surface area contributed by atoms with Gasteiger partial charge in [-0.05, 0) is 19.3 Å². The minimum absolute atomic E-state index is 0.154. The Labute approximate surface area is 114 Å². The van der Waals surface area contributed by atoms with Crippen LogP contribution in [-0.4, -0.2) is 17.3 Å². The van der Waals surface area contributed by atoms with Gasteiger partial charge in [-0.25, -0.2) is 0 Å². The minimum Gasteiger partial charge on any atom is -0.370 e. The molecule has 1 aliphatic carbocycles. The first kappa shape index (κ1) is 14.5. The third-order valence-corrected chi connectivity index (χ3v) is 4.09. The van der Waals surface area contributed by atoms with Crippen LogP contribution < -0.4 is 5.73 Å². The van der Waals surface area contributed by atoms with Gasteiger partial charge in [0.2, 0.25) is 11.7 Å². The van der Waals surface area contributed by atoms with Gasteiger partial charge in [-0.1, -0.05) is 44.2 Å². The molecule has 1 aliphatic rings. The number of unbranched alkanes of at least 4 members (excludes halogenated alkanes) is 1. The summed E-state index contributed by atoms with van der Waals surface area (Å²) in [5.74, 6) is 1.22. The average molecular weight is 267 g/mol. The Morgan fingerprint density at radius 2 is 2.11 bits per heavy atom. The molecule has 0 radical (unpaired) electrons. The second-order valence-corrected chi connectivity index (χ2v) is 5.46. The number of rotatable bonds is 6. The molecule has 108 valence electrons. The van der Waals surface area contributed by atoms with Crippen molar-refractivity contribution in [1.29, 1.82) is 0 Å². The lowest BCUT2D eigenvalue weighted by Crippen LogP contribution is -2.32. The number of nitrogens with two attached hydrogens (primary N) is 1. The van der Waals surface area contributed by atoms with E-state index in [-0.39, 0.29) is 11.6 Å². The molecule has 0 spiro atoms. The number of hydrogen-bond acceptors (Lipinski definition) is 5. The van der Waals surface area contributed by atoms with Crippen molar-refractivity contribution >= 4 is 0 Å². The van der Waals surface area contributed by atoms with Gasteiger partial charge in [0.05, 0.1) is 6.04 Å². The summed E-state index contributed by atoms with van der Waals surface area (Å²) in [4.78, 5) is 4.50. The largest absolute Gasteiger partial charge is 0.370 e. The van der Waals surface area contributed by atoms with E-state index in [2.05, 4.69) is 17.1 Å². The Morgan fingerprint density at radius 1 is 1.37 bits per heavy atom. The zero-order chi connectivity index (χ0) is 13.7. The first-order valence-corrected chi connectivity index (χ1v) is 7.36. The van der Waals surface area contributed by atoms with Crippen LogP contribution in [0.1, 0.15) is 76.0 Å². The van der Waals surface area contributed by atoms with E-state index in [0.717, 1.165) is 44.9 Å². The van der Waals surface area contributed by atoms with Crippen molar-refractivity contribution in [2.45, 2.75) is 69.9 Å². The molecule has 1 unspecified atom stereocenters. The van der Waals surface area contributed by atoms with Crippen molar-refractivity contribution in [2.75, 3.05) is 7.11 Å². The molecule has 5 nitrogen and oxygen atoms in total. The molecule has 19 heavy (non-hydrogen) atoms. The van der Waals surface area contributed by atoms with E-state index in [1.165, 1.54) is 6.42 Å². The zero-order valence-electron chi connectivity index (χ0n) is 12.0. The molecule has 1 saturated carbocycles. The third-order valence-electron chi connectivity index (χ3n) is 4.09. The van der Waals surface area contributed by atoms with Gasteiger partial charge < -0.3 is 15.0 Å². The molecule has 2 N–H and O–H groups in total. The highest BCUT2D eigenvalue weighted by atomic mass is 16.5. The third kappa shape index (κ3) is 3.15. The summed E-state index contributed by atoms with van der Waals surface area (Å²) in [6.07, 6.45) is 8.58. The van der Waals surface area contributed by atoms with Crippen LogP contribution in [0.3, 0.4) is 0 Å². The summed E-state index contributed by atoms with van der Waals surface area (Å²) >= 11 is 0. The lowest BCUT2D eigenvalue weighted by atomic mass is 9.84. The van der Waals surface area contributed by atoms with Crippen molar-refractivity contribution in [3.8, 4) is 0 Å². The maximum atomic E-state index is 6.07. The van der Waals surface area contributed by atoms with Crippen molar-refractivity contribution in [2.24, 2.45) is 5.73 Å². The van der Waals surface area contributed by atoms with Crippen molar-refractivity contribution in [3.63, 3.8) is 0 Å². The minimum atomic E-state index is -0.357. The van der Waals surface area contributed by atoms with Crippen LogP contribution in [0.4, 0.5) is 0 Å². The number of aromatic nitrogens is 2. The van der Waals surface area contributed by atoms with E-state index >= 15 is 0 Å². The fourth-order valence-corrected chi connectivity index (χ4v) is 2.76. The SMILES string of the molecule is CCCCC(N)c1nc(C2(OC)CCCCC2)no1. The molecule has 1 fully saturated rings. The molecule has 1 aromatic rings. The smallest absolute Gasteiger partial charge is 0.243 e. The summed E-state index contributed by atoms with van der Waals surface area (Å²) in [7, 11) is 1.73. The van der Waals surface area contributed by atoms with E-state index < -0.39 is 0 Å². The van der Waals surface area contributed by atoms with Gasteiger partial charge in [-0.2, -0.15) is 4.98 Å². The summed E-state index contributed by atoms with van der Waals surface area (Å²) in [6.45, 7) is 2.15. The maximum absolute atomic E-state index is 6.07. The van der Waals surface area contributed by atoms with E-state index in [4.69, 9.17) is 15.0 Å². The molecule has 0 saturated heterocycles. The van der Waals surface area contributed by atoms with Crippen LogP contribution in [-0.2, 0) is 10.3 Å². The summed E-state index contributed by atoms with van der Waals surface area (Å²) in [6, 6.07) is -0.154. The van der Waals surface area contributed by atoms with E-state index in [1.807, 2.05) is 0 Å². The lowest BCUT2D eigenvalue weighted by molar-refractivity contribution is -0.0527. The Bertz CT molecular complexity index is 386. The van der Waals surface area contributed by atoms with Gasteiger partial charge >= 0.3 is 0 Å². The Morgan fingerprint density at radius 3 is 2.74 bits per heavy atom. The fraction of sp³-hybridized carbons (Fsp3) is 0.857. The van der Waals surface area contributed by atoms with Crippen molar-refractivity contribution < 1.29 is 9.26 Å². The van der Waals surface area contributed by atoms with Gasteiger partial charge in [-0.3, -0.25) is 0 Å². The number of hydrogen-bond donors (Lipinski definition) is 1. The highest BCUT2D eigenvalue weighted by Gasteiger charge is 2.38. The van der Waals surface area contributed by atoms with Gasteiger partial charge in [0.25, 0.3) is 0 Å². The quantitative estimate of drug-likeness (QED) is 0.857. The summed E-state index contributed by atoms with van der Waals surface area (Å²) in [5.41, 5.74) is 5.71. The first-order valence-electron chi connectivity index (χ1n) is 7.36. The van der Waals surface area contributed by atoms with Gasteiger partial charge in [0, 0.05) is 7.11 Å². The molecule has 1 atom stereocenters. The fourth-order valence-electron chi connectivity index (χ4n) is 2.76. The van der Waals surface area contributed by atoms with Crippen LogP contribution in [0.2, 0.25) is 0 Å². The monoisotopic (exact) mass is 267 g/mol. The van der Waals surface area contributed by atoms with Crippen LogP contribution in [0.25, 0.3) is 0 Å². The second kappa shape index (κ2) is 6.48. The molecule has 1 aromatic heterocycles. The number of methoxy groups -OCH3 is 1. The molecular formula is C14H25N3O2. The average Bonchev–Trinajstić information content (AvgIpc) is 2.96. The molecule has 0 aromatic carbocycles. The van der Waals surface area contributed by atoms with Gasteiger partial charge in [-0.15, -0.1) is 0 Å². The predicted octanol–water partition coefficient (Wildman–Crippen LogP) is 3.07. The van der Waals surface area contributed by atoms with Crippen LogP contribution >= 0.6 is 0 Å². The summed E-state index contributed by atoms with van der Waals surface area (Å²) < 4.78 is 11.1. The van der Waals surface area contributed by atoms with E-state index in [9.17, 15) is 0 Å². The van der Waals surface area contributed by atoms with Crippen LogP contribution in [0, 0.1) is 0 Å². The Balaban J connectivity index is 2.10. The van der Waals surface area contributed by atoms with Crippen molar-refractivity contribution in [3.05, 3.63) is 11.7 Å². The molecule has 2 rings (SSSR count). The topological polar surface area (TPSA) is 74.2 Å². The first-order chi connectivity index (χ1) is 9.22. The second-order valence-electron chi connectivity index (χ2n) is 5.46.